The molecule has 77 heavy (non-hydrogen) atoms. The molecule has 3 N–H and O–H groups in total. The van der Waals surface area contributed by atoms with Crippen molar-refractivity contribution < 1.29 is 15.0 Å². The second-order valence-electron chi connectivity index (χ2n) is 22.1. The molecule has 0 heterocycles. The monoisotopic (exact) mass is 1070 g/mol. The number of carbonyl (C=O) groups is 1. The summed E-state index contributed by atoms with van der Waals surface area (Å²) in [5, 5.41) is 23.2. The quantitative estimate of drug-likeness (QED) is 0.0420. The van der Waals surface area contributed by atoms with Gasteiger partial charge >= 0.3 is 0 Å². The summed E-state index contributed by atoms with van der Waals surface area (Å²) in [4.78, 5) is 12.5. The standard InChI is InChI=1S/C73H127NO3/c1-3-5-7-9-11-13-15-17-19-21-23-25-27-29-31-33-35-37-39-41-43-45-47-49-51-53-55-57-59-61-63-65-67-69-73(77)74-71(70-75)72(76)68-66-64-62-60-58-56-54-52-50-48-46-44-42-40-38-36-34-32-30-28-26-24-22-20-18-16-14-12-10-8-6-4-2/h5,7,11,13,17,19,23,25,29,31,35,37,41,43,47,49,58,60,66,68,71-72,75-76H,3-4,6,8-10,12,14-16,18,20-22,24,26-28,30,32-34,36,38-40,42,44-46,48,50-57,59,61-65,67,69-70H2,1-2H3,(H,74,77)/b7-5-,13-11-,19-17-,25-23-,31-29-,37-35-,43-41-,49-47-,60-58+,68-66+. The van der Waals surface area contributed by atoms with Gasteiger partial charge in [-0.15, -0.1) is 0 Å². The number of aliphatic hydroxyl groups excluding tert-OH is 2. The van der Waals surface area contributed by atoms with Crippen molar-refractivity contribution in [2.75, 3.05) is 6.61 Å². The summed E-state index contributed by atoms with van der Waals surface area (Å²) in [7, 11) is 0. The maximum atomic E-state index is 12.5. The van der Waals surface area contributed by atoms with E-state index in [1.165, 1.54) is 199 Å². The molecule has 0 saturated carbocycles. The highest BCUT2D eigenvalue weighted by Crippen LogP contribution is 2.17. The molecule has 0 aliphatic carbocycles. The zero-order valence-electron chi connectivity index (χ0n) is 50.9. The highest BCUT2D eigenvalue weighted by atomic mass is 16.3. The number of carbonyl (C=O) groups excluding carboxylic acids is 1. The van der Waals surface area contributed by atoms with Crippen LogP contribution in [0.1, 0.15) is 316 Å². The zero-order chi connectivity index (χ0) is 55.5. The zero-order valence-corrected chi connectivity index (χ0v) is 50.9. The summed E-state index contributed by atoms with van der Waals surface area (Å²) >= 11 is 0. The fourth-order valence-electron chi connectivity index (χ4n) is 9.68. The van der Waals surface area contributed by atoms with Crippen molar-refractivity contribution in [1.29, 1.82) is 0 Å². The molecule has 4 heteroatoms. The van der Waals surface area contributed by atoms with Gasteiger partial charge in [0.25, 0.3) is 0 Å². The SMILES string of the molecule is CC/C=C\C/C=C\C/C=C\C/C=C\C/C=C\C/C=C\C/C=C\C/C=C\CCCCCCCCCCC(=O)NC(CO)C(O)/C=C/CC/C=C/CCCCCCCCCCCCCCCCCCCCCCCCCCCC. The maximum Gasteiger partial charge on any atom is 0.220 e. The first-order chi connectivity index (χ1) is 38.2. The molecule has 1 amide bonds. The van der Waals surface area contributed by atoms with Crippen molar-refractivity contribution in [1.82, 2.24) is 5.32 Å². The Labute approximate surface area is 479 Å². The van der Waals surface area contributed by atoms with E-state index in [1.807, 2.05) is 6.08 Å². The Balaban J connectivity index is 3.58. The molecule has 442 valence electrons. The van der Waals surface area contributed by atoms with Gasteiger partial charge in [-0.25, -0.2) is 0 Å². The van der Waals surface area contributed by atoms with Crippen LogP contribution < -0.4 is 5.32 Å². The van der Waals surface area contributed by atoms with Gasteiger partial charge < -0.3 is 15.5 Å². The number of hydrogen-bond donors (Lipinski definition) is 3. The molecule has 2 atom stereocenters. The molecule has 0 spiro atoms. The molecular formula is C73H127NO3. The number of unbranched alkanes of at least 4 members (excludes halogenated alkanes) is 35. The highest BCUT2D eigenvalue weighted by Gasteiger charge is 2.18. The Morgan fingerprint density at radius 2 is 0.584 bits per heavy atom. The summed E-state index contributed by atoms with van der Waals surface area (Å²) < 4.78 is 0. The molecule has 4 nitrogen and oxygen atoms in total. The molecule has 0 bridgehead atoms. The molecule has 0 aromatic heterocycles. The summed E-state index contributed by atoms with van der Waals surface area (Å²) in [6, 6.07) is -0.655. The lowest BCUT2D eigenvalue weighted by Gasteiger charge is -2.19. The number of aliphatic hydroxyl groups is 2. The van der Waals surface area contributed by atoms with Crippen LogP contribution in [0, 0.1) is 0 Å². The minimum absolute atomic E-state index is 0.0844. The van der Waals surface area contributed by atoms with E-state index in [-0.39, 0.29) is 12.5 Å². The van der Waals surface area contributed by atoms with E-state index in [4.69, 9.17) is 0 Å². The molecular weight excluding hydrogens is 939 g/mol. The topological polar surface area (TPSA) is 69.6 Å². The van der Waals surface area contributed by atoms with Crippen molar-refractivity contribution in [2.45, 2.75) is 328 Å². The highest BCUT2D eigenvalue weighted by molar-refractivity contribution is 5.76. The van der Waals surface area contributed by atoms with Crippen LogP contribution in [0.25, 0.3) is 0 Å². The summed E-state index contributed by atoms with van der Waals surface area (Å²) in [6.45, 7) is 4.20. The lowest BCUT2D eigenvalue weighted by Crippen LogP contribution is -2.45. The van der Waals surface area contributed by atoms with Crippen LogP contribution in [0.4, 0.5) is 0 Å². The van der Waals surface area contributed by atoms with E-state index >= 15 is 0 Å². The smallest absolute Gasteiger partial charge is 0.220 e. The summed E-state index contributed by atoms with van der Waals surface area (Å²) in [5.41, 5.74) is 0. The Bertz CT molecular complexity index is 1490. The van der Waals surface area contributed by atoms with Gasteiger partial charge in [-0.1, -0.05) is 334 Å². The van der Waals surface area contributed by atoms with E-state index in [0.717, 1.165) is 96.3 Å². The van der Waals surface area contributed by atoms with Crippen molar-refractivity contribution in [3.05, 3.63) is 122 Å². The van der Waals surface area contributed by atoms with Crippen LogP contribution in [0.3, 0.4) is 0 Å². The number of rotatable bonds is 60. The molecule has 0 aliphatic rings. The van der Waals surface area contributed by atoms with E-state index in [9.17, 15) is 15.0 Å². The molecule has 0 fully saturated rings. The summed E-state index contributed by atoms with van der Waals surface area (Å²) in [5.74, 6) is -0.0844. The third kappa shape index (κ3) is 63.5. The van der Waals surface area contributed by atoms with Gasteiger partial charge in [-0.3, -0.25) is 4.79 Å². The third-order valence-electron chi connectivity index (χ3n) is 14.7. The van der Waals surface area contributed by atoms with Crippen LogP contribution in [0.5, 0.6) is 0 Å². The average Bonchev–Trinajstić information content (AvgIpc) is 3.43. The number of hydrogen-bond acceptors (Lipinski definition) is 3. The number of amides is 1. The minimum atomic E-state index is -0.876. The van der Waals surface area contributed by atoms with Gasteiger partial charge in [0.15, 0.2) is 0 Å². The fraction of sp³-hybridized carbons (Fsp3) is 0.712. The Kier molecular flexibility index (Phi) is 64.3. The van der Waals surface area contributed by atoms with Gasteiger partial charge in [0.1, 0.15) is 0 Å². The molecule has 0 rings (SSSR count). The summed E-state index contributed by atoms with van der Waals surface area (Å²) in [6.07, 6.45) is 103. The van der Waals surface area contributed by atoms with Crippen molar-refractivity contribution in [3.63, 3.8) is 0 Å². The Morgan fingerprint density at radius 3 is 0.909 bits per heavy atom. The van der Waals surface area contributed by atoms with Crippen molar-refractivity contribution in [2.24, 2.45) is 0 Å². The maximum absolute atomic E-state index is 12.5. The van der Waals surface area contributed by atoms with Crippen LogP contribution in [0.15, 0.2) is 122 Å². The van der Waals surface area contributed by atoms with Crippen LogP contribution in [-0.2, 0) is 4.79 Å². The van der Waals surface area contributed by atoms with E-state index < -0.39 is 12.1 Å². The predicted octanol–water partition coefficient (Wildman–Crippen LogP) is 22.8. The minimum Gasteiger partial charge on any atom is -0.394 e. The van der Waals surface area contributed by atoms with Gasteiger partial charge in [0.05, 0.1) is 18.8 Å². The third-order valence-corrected chi connectivity index (χ3v) is 14.7. The molecule has 0 aromatic rings. The molecule has 0 aromatic carbocycles. The number of nitrogens with one attached hydrogen (secondary N) is 1. The van der Waals surface area contributed by atoms with E-state index in [1.54, 1.807) is 6.08 Å². The lowest BCUT2D eigenvalue weighted by molar-refractivity contribution is -0.123. The van der Waals surface area contributed by atoms with Crippen molar-refractivity contribution >= 4 is 5.91 Å². The Hall–Kier alpha value is -3.21. The van der Waals surface area contributed by atoms with E-state index in [0.29, 0.717) is 6.42 Å². The molecule has 0 saturated heterocycles. The van der Waals surface area contributed by atoms with Gasteiger partial charge in [-0.2, -0.15) is 0 Å². The molecule has 0 radical (unpaired) electrons. The Morgan fingerprint density at radius 1 is 0.325 bits per heavy atom. The lowest BCUT2D eigenvalue weighted by atomic mass is 10.0. The first-order valence-electron chi connectivity index (χ1n) is 33.2. The van der Waals surface area contributed by atoms with Crippen LogP contribution >= 0.6 is 0 Å². The second kappa shape index (κ2) is 67.1. The van der Waals surface area contributed by atoms with Crippen LogP contribution in [0.2, 0.25) is 0 Å². The average molecular weight is 1070 g/mol. The van der Waals surface area contributed by atoms with Crippen LogP contribution in [-0.4, -0.2) is 34.9 Å². The van der Waals surface area contributed by atoms with Gasteiger partial charge in [-0.05, 0) is 96.3 Å². The number of allylic oxidation sites excluding steroid dienone is 19. The normalized spacial score (nSPS) is 13.6. The second-order valence-corrected chi connectivity index (χ2v) is 22.1. The predicted molar refractivity (Wildman–Crippen MR) is 345 cm³/mol. The first-order valence-corrected chi connectivity index (χ1v) is 33.2. The molecule has 2 unspecified atom stereocenters. The molecule has 0 aliphatic heterocycles. The largest absolute Gasteiger partial charge is 0.394 e. The van der Waals surface area contributed by atoms with Gasteiger partial charge in [0, 0.05) is 6.42 Å². The van der Waals surface area contributed by atoms with Crippen molar-refractivity contribution in [3.8, 4) is 0 Å². The van der Waals surface area contributed by atoms with E-state index in [2.05, 4.69) is 129 Å². The van der Waals surface area contributed by atoms with Gasteiger partial charge in [0.2, 0.25) is 5.91 Å². The fourth-order valence-corrected chi connectivity index (χ4v) is 9.68. The first kappa shape index (κ1) is 73.8.